The Balaban J connectivity index is 1.64. The topological polar surface area (TPSA) is 42.1 Å². The molecule has 0 amide bonds. The average molecular weight is 259 g/mol. The van der Waals surface area contributed by atoms with Crippen LogP contribution in [-0.2, 0) is 0 Å². The van der Waals surface area contributed by atoms with Crippen LogP contribution in [0.25, 0.3) is 0 Å². The van der Waals surface area contributed by atoms with E-state index in [4.69, 9.17) is 5.73 Å². The number of fused-ring (bicyclic) bond motifs is 2. The molecule has 0 aromatic carbocycles. The van der Waals surface area contributed by atoms with Gasteiger partial charge in [0.2, 0.25) is 0 Å². The van der Waals surface area contributed by atoms with Crippen LogP contribution in [0.5, 0.6) is 0 Å². The van der Waals surface area contributed by atoms with Gasteiger partial charge in [-0.1, -0.05) is 12.5 Å². The Morgan fingerprint density at radius 3 is 2.89 bits per heavy atom. The molecule has 0 saturated heterocycles. The molecule has 3 nitrogen and oxygen atoms in total. The molecule has 104 valence electrons. The zero-order chi connectivity index (χ0) is 13.2. The maximum Gasteiger partial charge on any atom is 0.0482 e. The monoisotopic (exact) mass is 259 g/mol. The lowest BCUT2D eigenvalue weighted by molar-refractivity contribution is 0.176. The third-order valence-electron chi connectivity index (χ3n) is 5.23. The zero-order valence-corrected chi connectivity index (χ0v) is 11.8. The average Bonchev–Trinajstić information content (AvgIpc) is 3.03. The van der Waals surface area contributed by atoms with Crippen molar-refractivity contribution in [2.75, 3.05) is 20.1 Å². The fraction of sp³-hybridized carbons (Fsp3) is 0.688. The molecule has 2 fully saturated rings. The highest BCUT2D eigenvalue weighted by Gasteiger charge is 2.40. The van der Waals surface area contributed by atoms with Crippen LogP contribution >= 0.6 is 0 Å². The highest BCUT2D eigenvalue weighted by Crippen LogP contribution is 2.48. The summed E-state index contributed by atoms with van der Waals surface area (Å²) in [5.74, 6) is 2.91. The van der Waals surface area contributed by atoms with E-state index in [9.17, 15) is 0 Å². The molecule has 2 saturated carbocycles. The summed E-state index contributed by atoms with van der Waals surface area (Å²) < 4.78 is 0. The lowest BCUT2D eigenvalue weighted by Gasteiger charge is -2.32. The molecule has 4 atom stereocenters. The first-order valence-electron chi connectivity index (χ1n) is 7.58. The van der Waals surface area contributed by atoms with Gasteiger partial charge in [0.25, 0.3) is 0 Å². The first-order valence-corrected chi connectivity index (χ1v) is 7.58. The molecule has 0 radical (unpaired) electrons. The Kier molecular flexibility index (Phi) is 3.85. The molecular formula is C16H25N3. The van der Waals surface area contributed by atoms with Crippen LogP contribution in [0.1, 0.15) is 37.3 Å². The third kappa shape index (κ3) is 2.67. The molecule has 3 rings (SSSR count). The van der Waals surface area contributed by atoms with Gasteiger partial charge in [-0.3, -0.25) is 9.88 Å². The second-order valence-corrected chi connectivity index (χ2v) is 6.41. The predicted molar refractivity (Wildman–Crippen MR) is 77.6 cm³/mol. The summed E-state index contributed by atoms with van der Waals surface area (Å²) in [7, 11) is 2.22. The number of pyridine rings is 1. The lowest BCUT2D eigenvalue weighted by Crippen LogP contribution is -2.35. The maximum atomic E-state index is 5.99. The van der Waals surface area contributed by atoms with E-state index in [0.29, 0.717) is 12.6 Å². The van der Waals surface area contributed by atoms with Crippen LogP contribution < -0.4 is 5.73 Å². The van der Waals surface area contributed by atoms with Crippen molar-refractivity contribution in [2.45, 2.75) is 31.7 Å². The minimum Gasteiger partial charge on any atom is -0.329 e. The van der Waals surface area contributed by atoms with E-state index >= 15 is 0 Å². The highest BCUT2D eigenvalue weighted by atomic mass is 15.1. The molecule has 2 aliphatic rings. The molecule has 1 heterocycles. The van der Waals surface area contributed by atoms with E-state index in [1.165, 1.54) is 37.8 Å². The van der Waals surface area contributed by atoms with Gasteiger partial charge in [-0.25, -0.2) is 0 Å². The SMILES string of the molecule is CN(CC1CC2CCC1C2)C(CN)c1cccnc1. The van der Waals surface area contributed by atoms with Gasteiger partial charge >= 0.3 is 0 Å². The normalized spacial score (nSPS) is 31.0. The fourth-order valence-corrected chi connectivity index (χ4v) is 4.24. The van der Waals surface area contributed by atoms with Gasteiger partial charge < -0.3 is 5.73 Å². The summed E-state index contributed by atoms with van der Waals surface area (Å²) in [4.78, 5) is 6.67. The van der Waals surface area contributed by atoms with Gasteiger partial charge in [0, 0.05) is 31.5 Å². The number of hydrogen-bond donors (Lipinski definition) is 1. The van der Waals surface area contributed by atoms with Gasteiger partial charge in [0.05, 0.1) is 0 Å². The largest absolute Gasteiger partial charge is 0.329 e. The summed E-state index contributed by atoms with van der Waals surface area (Å²) in [5, 5.41) is 0. The number of hydrogen-bond acceptors (Lipinski definition) is 3. The van der Waals surface area contributed by atoms with Gasteiger partial charge in [-0.2, -0.15) is 0 Å². The maximum absolute atomic E-state index is 5.99. The quantitative estimate of drug-likeness (QED) is 0.883. The molecule has 3 heteroatoms. The molecule has 4 unspecified atom stereocenters. The molecule has 0 spiro atoms. The Morgan fingerprint density at radius 2 is 2.32 bits per heavy atom. The van der Waals surface area contributed by atoms with Crippen molar-refractivity contribution in [1.82, 2.24) is 9.88 Å². The fourth-order valence-electron chi connectivity index (χ4n) is 4.24. The van der Waals surface area contributed by atoms with E-state index in [1.54, 1.807) is 0 Å². The predicted octanol–water partition coefficient (Wildman–Crippen LogP) is 2.45. The summed E-state index contributed by atoms with van der Waals surface area (Å²) in [6, 6.07) is 4.46. The Hall–Kier alpha value is -0.930. The van der Waals surface area contributed by atoms with Crippen molar-refractivity contribution < 1.29 is 0 Å². The van der Waals surface area contributed by atoms with E-state index in [1.807, 2.05) is 18.5 Å². The molecule has 0 aliphatic heterocycles. The molecule has 1 aromatic heterocycles. The number of rotatable bonds is 5. The van der Waals surface area contributed by atoms with Crippen LogP contribution in [0.2, 0.25) is 0 Å². The Labute approximate surface area is 116 Å². The summed E-state index contributed by atoms with van der Waals surface area (Å²) in [6.45, 7) is 1.86. The summed E-state index contributed by atoms with van der Waals surface area (Å²) in [6.07, 6.45) is 9.65. The molecule has 2 N–H and O–H groups in total. The van der Waals surface area contributed by atoms with Crippen LogP contribution in [0.4, 0.5) is 0 Å². The number of likely N-dealkylation sites (N-methyl/N-ethyl adjacent to an activating group) is 1. The summed E-state index contributed by atoms with van der Waals surface area (Å²) in [5.41, 5.74) is 7.23. The van der Waals surface area contributed by atoms with Crippen molar-refractivity contribution in [1.29, 1.82) is 0 Å². The van der Waals surface area contributed by atoms with Gasteiger partial charge in [0.15, 0.2) is 0 Å². The first kappa shape index (κ1) is 13.1. The van der Waals surface area contributed by atoms with Crippen molar-refractivity contribution >= 4 is 0 Å². The zero-order valence-electron chi connectivity index (χ0n) is 11.8. The van der Waals surface area contributed by atoms with E-state index < -0.39 is 0 Å². The highest BCUT2D eigenvalue weighted by molar-refractivity contribution is 5.14. The molecular weight excluding hydrogens is 234 g/mol. The molecule has 2 aliphatic carbocycles. The number of nitrogens with zero attached hydrogens (tertiary/aromatic N) is 2. The second-order valence-electron chi connectivity index (χ2n) is 6.41. The standard InChI is InChI=1S/C16H25N3/c1-19(11-15-8-12-4-5-13(15)7-12)16(9-17)14-3-2-6-18-10-14/h2-3,6,10,12-13,15-16H,4-5,7-9,11,17H2,1H3. The minimum absolute atomic E-state index is 0.313. The van der Waals surface area contributed by atoms with Crippen LogP contribution in [-0.4, -0.2) is 30.0 Å². The number of aromatic nitrogens is 1. The van der Waals surface area contributed by atoms with Gasteiger partial charge in [-0.15, -0.1) is 0 Å². The van der Waals surface area contributed by atoms with Crippen molar-refractivity contribution in [3.05, 3.63) is 30.1 Å². The van der Waals surface area contributed by atoms with Gasteiger partial charge in [-0.05, 0) is 55.7 Å². The molecule has 19 heavy (non-hydrogen) atoms. The Bertz CT molecular complexity index is 406. The van der Waals surface area contributed by atoms with Crippen molar-refractivity contribution in [3.8, 4) is 0 Å². The van der Waals surface area contributed by atoms with Crippen molar-refractivity contribution in [3.63, 3.8) is 0 Å². The number of nitrogens with two attached hydrogens (primary N) is 1. The van der Waals surface area contributed by atoms with Crippen LogP contribution in [0.15, 0.2) is 24.5 Å². The van der Waals surface area contributed by atoms with E-state index in [2.05, 4.69) is 23.0 Å². The summed E-state index contributed by atoms with van der Waals surface area (Å²) >= 11 is 0. The Morgan fingerprint density at radius 1 is 1.42 bits per heavy atom. The smallest absolute Gasteiger partial charge is 0.0482 e. The molecule has 2 bridgehead atoms. The lowest BCUT2D eigenvalue weighted by atomic mass is 9.88. The van der Waals surface area contributed by atoms with Gasteiger partial charge in [0.1, 0.15) is 0 Å². The molecule has 1 aromatic rings. The van der Waals surface area contributed by atoms with Crippen LogP contribution in [0.3, 0.4) is 0 Å². The van der Waals surface area contributed by atoms with E-state index in [0.717, 1.165) is 17.8 Å². The van der Waals surface area contributed by atoms with Crippen molar-refractivity contribution in [2.24, 2.45) is 23.5 Å². The second kappa shape index (κ2) is 5.59. The van der Waals surface area contributed by atoms with Crippen LogP contribution in [0, 0.1) is 17.8 Å². The minimum atomic E-state index is 0.313. The first-order chi connectivity index (χ1) is 9.28. The third-order valence-corrected chi connectivity index (χ3v) is 5.23. The van der Waals surface area contributed by atoms with E-state index in [-0.39, 0.29) is 0 Å².